The molecule has 0 aromatic rings. The van der Waals surface area contributed by atoms with E-state index < -0.39 is 0 Å². The molecule has 3 aliphatic heterocycles. The molecule has 3 saturated heterocycles. The van der Waals surface area contributed by atoms with E-state index in [2.05, 4.69) is 103 Å². The first-order valence-electron chi connectivity index (χ1n) is 14.9. The van der Waals surface area contributed by atoms with Crippen LogP contribution in [0.25, 0.3) is 0 Å². The molecule has 0 aromatic carbocycles. The number of nitrogens with zero attached hydrogens (tertiary/aromatic N) is 4. The second-order valence-electron chi connectivity index (χ2n) is 13.0. The highest BCUT2D eigenvalue weighted by atomic mass is 16.3. The lowest BCUT2D eigenvalue weighted by molar-refractivity contribution is 0.0887. The van der Waals surface area contributed by atoms with Gasteiger partial charge in [-0.1, -0.05) is 27.7 Å². The van der Waals surface area contributed by atoms with Crippen molar-refractivity contribution < 1.29 is 5.11 Å². The highest BCUT2D eigenvalue weighted by molar-refractivity contribution is 4.88. The van der Waals surface area contributed by atoms with E-state index in [-0.39, 0.29) is 6.10 Å². The van der Waals surface area contributed by atoms with Gasteiger partial charge in [0.2, 0.25) is 0 Å². The van der Waals surface area contributed by atoms with Crippen molar-refractivity contribution >= 4 is 0 Å². The highest BCUT2D eigenvalue weighted by Gasteiger charge is 2.34. The fraction of sp³-hybridized carbons (Fsp3) is 1.00. The van der Waals surface area contributed by atoms with Gasteiger partial charge in [-0.3, -0.25) is 19.6 Å². The summed E-state index contributed by atoms with van der Waals surface area (Å²) in [7, 11) is 0. The topological polar surface area (TPSA) is 33.2 Å². The molecular weight excluding hydrogens is 432 g/mol. The molecule has 5 heteroatoms. The smallest absolute Gasteiger partial charge is 0.0682 e. The first kappa shape index (κ1) is 32.8. The van der Waals surface area contributed by atoms with E-state index >= 15 is 0 Å². The van der Waals surface area contributed by atoms with E-state index in [0.29, 0.717) is 18.0 Å². The van der Waals surface area contributed by atoms with Crippen LogP contribution in [0.2, 0.25) is 0 Å². The number of aliphatic hydroxyl groups is 1. The SMILES string of the molecule is CC(C)C1CC(O)CN1C(C)C.CC(C)C1CCCN1C(C)C.CC(C)N1CCN(C(C)C)CC1. The fourth-order valence-electron chi connectivity index (χ4n) is 6.06. The number of rotatable bonds is 6. The molecule has 3 atom stereocenters. The van der Waals surface area contributed by atoms with Crippen molar-refractivity contribution in [1.82, 2.24) is 19.6 Å². The minimum Gasteiger partial charge on any atom is -0.392 e. The Labute approximate surface area is 220 Å². The summed E-state index contributed by atoms with van der Waals surface area (Å²) >= 11 is 0. The maximum atomic E-state index is 9.53. The summed E-state index contributed by atoms with van der Waals surface area (Å²) in [6, 6.07) is 4.19. The molecule has 0 spiro atoms. The molecule has 3 unspecified atom stereocenters. The van der Waals surface area contributed by atoms with Gasteiger partial charge in [0, 0.05) is 69.0 Å². The highest BCUT2D eigenvalue weighted by Crippen LogP contribution is 2.26. The van der Waals surface area contributed by atoms with E-state index in [4.69, 9.17) is 0 Å². The molecule has 0 aliphatic carbocycles. The van der Waals surface area contributed by atoms with Gasteiger partial charge in [0.15, 0.2) is 0 Å². The summed E-state index contributed by atoms with van der Waals surface area (Å²) in [6.07, 6.45) is 3.67. The standard InChI is InChI=1S/C10H22N2.C10H21NO.C10H21N/c1-9(2)11-5-7-12(8-6-11)10(3)4;1-7(2)10-5-9(12)6-11(10)8(3)4;1-8(2)10-6-5-7-11(10)9(3)4/h9-10H,5-8H2,1-4H3;7-10,12H,5-6H2,1-4H3;8-10H,5-7H2,1-4H3. The predicted molar refractivity (Wildman–Crippen MR) is 154 cm³/mol. The minimum atomic E-state index is -0.0974. The molecule has 3 aliphatic rings. The average Bonchev–Trinajstić information content (AvgIpc) is 3.42. The summed E-state index contributed by atoms with van der Waals surface area (Å²) < 4.78 is 0. The second-order valence-corrected chi connectivity index (χ2v) is 13.0. The van der Waals surface area contributed by atoms with Crippen molar-refractivity contribution in [2.45, 2.75) is 145 Å². The largest absolute Gasteiger partial charge is 0.392 e. The zero-order valence-corrected chi connectivity index (χ0v) is 25.8. The Kier molecular flexibility index (Phi) is 14.9. The van der Waals surface area contributed by atoms with Gasteiger partial charge in [0.1, 0.15) is 0 Å². The molecule has 3 heterocycles. The Balaban J connectivity index is 0.000000263. The lowest BCUT2D eigenvalue weighted by Gasteiger charge is -2.38. The van der Waals surface area contributed by atoms with Gasteiger partial charge < -0.3 is 5.11 Å². The number of aliphatic hydroxyl groups excluding tert-OH is 1. The van der Waals surface area contributed by atoms with Crippen molar-refractivity contribution in [3.05, 3.63) is 0 Å². The monoisotopic (exact) mass is 497 g/mol. The summed E-state index contributed by atoms with van der Waals surface area (Å²) in [5, 5.41) is 9.53. The number of likely N-dealkylation sites (tertiary alicyclic amines) is 2. The van der Waals surface area contributed by atoms with Crippen LogP contribution in [-0.4, -0.2) is 106 Å². The van der Waals surface area contributed by atoms with Crippen LogP contribution in [0.1, 0.15) is 102 Å². The van der Waals surface area contributed by atoms with Crippen LogP contribution < -0.4 is 0 Å². The molecule has 0 bridgehead atoms. The molecular formula is C30H64N4O. The molecule has 0 aromatic heterocycles. The van der Waals surface area contributed by atoms with Crippen LogP contribution in [0.15, 0.2) is 0 Å². The Hall–Kier alpha value is -0.200. The van der Waals surface area contributed by atoms with Crippen LogP contribution >= 0.6 is 0 Å². The molecule has 0 saturated carbocycles. The number of hydrogen-bond donors (Lipinski definition) is 1. The molecule has 0 amide bonds. The van der Waals surface area contributed by atoms with Gasteiger partial charge >= 0.3 is 0 Å². The van der Waals surface area contributed by atoms with E-state index in [1.54, 1.807) is 0 Å². The zero-order valence-electron chi connectivity index (χ0n) is 25.8. The summed E-state index contributed by atoms with van der Waals surface area (Å²) in [5.74, 6) is 1.49. The fourth-order valence-corrected chi connectivity index (χ4v) is 6.06. The first-order chi connectivity index (χ1) is 16.3. The van der Waals surface area contributed by atoms with Gasteiger partial charge in [-0.05, 0) is 93.0 Å². The molecule has 35 heavy (non-hydrogen) atoms. The van der Waals surface area contributed by atoms with Crippen molar-refractivity contribution in [2.24, 2.45) is 11.8 Å². The predicted octanol–water partition coefficient (Wildman–Crippen LogP) is 5.42. The Morgan fingerprint density at radius 2 is 0.971 bits per heavy atom. The first-order valence-corrected chi connectivity index (χ1v) is 14.9. The van der Waals surface area contributed by atoms with Crippen molar-refractivity contribution in [3.63, 3.8) is 0 Å². The van der Waals surface area contributed by atoms with Crippen molar-refractivity contribution in [1.29, 1.82) is 0 Å². The maximum Gasteiger partial charge on any atom is 0.0682 e. The number of piperazine rings is 1. The second kappa shape index (κ2) is 15.9. The summed E-state index contributed by atoms with van der Waals surface area (Å²) in [5.41, 5.74) is 0. The third kappa shape index (κ3) is 11.0. The molecule has 3 rings (SSSR count). The summed E-state index contributed by atoms with van der Waals surface area (Å²) in [4.78, 5) is 10.2. The van der Waals surface area contributed by atoms with Crippen LogP contribution in [0, 0.1) is 11.8 Å². The molecule has 1 N–H and O–H groups in total. The zero-order chi connectivity index (χ0) is 26.9. The normalized spacial score (nSPS) is 27.3. The number of β-amino-alcohol motifs (C(OH)–C–C–N with tert-alkyl or cyclic N) is 1. The molecule has 0 radical (unpaired) electrons. The molecule has 210 valence electrons. The van der Waals surface area contributed by atoms with Gasteiger partial charge in [0.25, 0.3) is 0 Å². The van der Waals surface area contributed by atoms with Crippen molar-refractivity contribution in [3.8, 4) is 0 Å². The number of hydrogen-bond acceptors (Lipinski definition) is 5. The minimum absolute atomic E-state index is 0.0974. The maximum absolute atomic E-state index is 9.53. The van der Waals surface area contributed by atoms with Gasteiger partial charge in [-0.2, -0.15) is 0 Å². The molecule has 3 fully saturated rings. The average molecular weight is 497 g/mol. The third-order valence-electron chi connectivity index (χ3n) is 8.38. The van der Waals surface area contributed by atoms with Crippen LogP contribution in [0.5, 0.6) is 0 Å². The van der Waals surface area contributed by atoms with E-state index in [9.17, 15) is 5.11 Å². The lowest BCUT2D eigenvalue weighted by atomic mass is 10.0. The van der Waals surface area contributed by atoms with Crippen molar-refractivity contribution in [2.75, 3.05) is 39.3 Å². The van der Waals surface area contributed by atoms with Crippen LogP contribution in [-0.2, 0) is 0 Å². The van der Waals surface area contributed by atoms with Gasteiger partial charge in [-0.15, -0.1) is 0 Å². The Morgan fingerprint density at radius 3 is 1.26 bits per heavy atom. The quantitative estimate of drug-likeness (QED) is 0.531. The van der Waals surface area contributed by atoms with E-state index in [1.807, 2.05) is 0 Å². The summed E-state index contributed by atoms with van der Waals surface area (Å²) in [6.45, 7) is 34.5. The molecule has 5 nitrogen and oxygen atoms in total. The van der Waals surface area contributed by atoms with E-state index in [0.717, 1.165) is 43.1 Å². The Bertz CT molecular complexity index is 494. The van der Waals surface area contributed by atoms with Gasteiger partial charge in [0.05, 0.1) is 6.10 Å². The van der Waals surface area contributed by atoms with Crippen LogP contribution in [0.3, 0.4) is 0 Å². The lowest BCUT2D eigenvalue weighted by Crippen LogP contribution is -2.50. The Morgan fingerprint density at radius 1 is 0.543 bits per heavy atom. The third-order valence-corrected chi connectivity index (χ3v) is 8.38. The van der Waals surface area contributed by atoms with Gasteiger partial charge in [-0.25, -0.2) is 0 Å². The van der Waals surface area contributed by atoms with E-state index in [1.165, 1.54) is 45.6 Å². The van der Waals surface area contributed by atoms with Crippen LogP contribution in [0.4, 0.5) is 0 Å².